The van der Waals surface area contributed by atoms with E-state index in [4.69, 9.17) is 11.2 Å². The number of H-pyrrole nitrogens is 1. The van der Waals surface area contributed by atoms with Gasteiger partial charge in [0.05, 0.1) is 12.6 Å². The van der Waals surface area contributed by atoms with Crippen molar-refractivity contribution in [3.63, 3.8) is 0 Å². The monoisotopic (exact) mass is 457 g/mol. The minimum Gasteiger partial charge on any atom is -0.383 e. The van der Waals surface area contributed by atoms with Crippen molar-refractivity contribution >= 4 is 22.7 Å². The summed E-state index contributed by atoms with van der Waals surface area (Å²) in [7, 11) is 1.60. The number of benzene rings is 2. The Morgan fingerprint density at radius 1 is 1.21 bits per heavy atom. The molecule has 1 aromatic heterocycles. The van der Waals surface area contributed by atoms with Gasteiger partial charge in [-0.3, -0.25) is 9.59 Å². The maximum atomic E-state index is 13.1. The number of carbonyl (C=O) groups excluding carboxylic acids is 2. The van der Waals surface area contributed by atoms with E-state index in [0.717, 1.165) is 42.5 Å². The number of carbonyl (C=O) groups is 2. The Kier molecular flexibility index (Phi) is 7.34. The number of methoxy groups -OCH3 is 1. The fourth-order valence-corrected chi connectivity index (χ4v) is 4.91. The van der Waals surface area contributed by atoms with E-state index in [2.05, 4.69) is 35.3 Å². The Morgan fingerprint density at radius 3 is 2.68 bits per heavy atom. The summed E-state index contributed by atoms with van der Waals surface area (Å²) in [6.07, 6.45) is 9.36. The zero-order valence-electron chi connectivity index (χ0n) is 19.8. The Morgan fingerprint density at radius 2 is 1.97 bits per heavy atom. The van der Waals surface area contributed by atoms with Gasteiger partial charge in [0.2, 0.25) is 0 Å². The predicted molar refractivity (Wildman–Crippen MR) is 133 cm³/mol. The first-order chi connectivity index (χ1) is 16.6. The third-order valence-electron chi connectivity index (χ3n) is 6.56. The van der Waals surface area contributed by atoms with Crippen LogP contribution in [-0.4, -0.2) is 48.0 Å². The molecule has 1 aliphatic rings. The molecule has 0 bridgehead atoms. The summed E-state index contributed by atoms with van der Waals surface area (Å²) < 4.78 is 5.00. The van der Waals surface area contributed by atoms with Gasteiger partial charge in [0.1, 0.15) is 0 Å². The third-order valence-corrected chi connectivity index (χ3v) is 6.56. The van der Waals surface area contributed by atoms with E-state index >= 15 is 0 Å². The van der Waals surface area contributed by atoms with Gasteiger partial charge in [0, 0.05) is 41.9 Å². The lowest BCUT2D eigenvalue weighted by atomic mass is 9.86. The van der Waals surface area contributed by atoms with Crippen molar-refractivity contribution in [3.05, 3.63) is 70.9 Å². The normalized spacial score (nSPS) is 17.3. The van der Waals surface area contributed by atoms with Gasteiger partial charge < -0.3 is 19.9 Å². The van der Waals surface area contributed by atoms with E-state index in [9.17, 15) is 9.59 Å². The molecule has 2 aromatic carbocycles. The Bertz CT molecular complexity index is 1210. The number of rotatable bonds is 8. The number of amides is 2. The van der Waals surface area contributed by atoms with Crippen molar-refractivity contribution in [2.75, 3.05) is 20.3 Å². The zero-order valence-corrected chi connectivity index (χ0v) is 19.8. The van der Waals surface area contributed by atoms with Crippen molar-refractivity contribution in [2.45, 2.75) is 44.7 Å². The molecule has 0 spiro atoms. The molecule has 0 unspecified atom stereocenters. The second-order valence-electron chi connectivity index (χ2n) is 8.69. The minimum absolute atomic E-state index is 0.0113. The number of aromatic amines is 1. The molecule has 0 saturated heterocycles. The first-order valence-electron chi connectivity index (χ1n) is 11.8. The van der Waals surface area contributed by atoms with E-state index in [1.165, 1.54) is 10.9 Å². The highest BCUT2D eigenvalue weighted by Gasteiger charge is 2.39. The fourth-order valence-electron chi connectivity index (χ4n) is 4.91. The molecule has 34 heavy (non-hydrogen) atoms. The lowest BCUT2D eigenvalue weighted by Gasteiger charge is -2.41. The molecule has 1 aliphatic heterocycles. The van der Waals surface area contributed by atoms with E-state index < -0.39 is 0 Å². The summed E-state index contributed by atoms with van der Waals surface area (Å²) in [6.45, 7) is 3.06. The fraction of sp³-hybridized carbons (Fsp3) is 0.357. The number of nitrogens with one attached hydrogen (secondary N) is 2. The van der Waals surface area contributed by atoms with Gasteiger partial charge in [-0.2, -0.15) is 0 Å². The van der Waals surface area contributed by atoms with Gasteiger partial charge in [-0.1, -0.05) is 50.1 Å². The molecule has 2 N–H and O–H groups in total. The summed E-state index contributed by atoms with van der Waals surface area (Å²) >= 11 is 0. The number of hydrogen-bond donors (Lipinski definition) is 2. The molecule has 0 fully saturated rings. The molecule has 6 nitrogen and oxygen atoms in total. The van der Waals surface area contributed by atoms with Crippen LogP contribution in [-0.2, 0) is 16.0 Å². The molecule has 6 heteroatoms. The number of aromatic nitrogens is 1. The maximum Gasteiger partial charge on any atom is 0.299 e. The predicted octanol–water partition coefficient (Wildman–Crippen LogP) is 4.21. The standard InChI is InChI=1S/C28H31N3O3/c1-4-6-9-21-18-23-22-10-7-8-11-24(22)30-26(23)27(31(21)25(32)5-2)19-12-14-20(15-13-19)28(33)29-16-17-34-3/h2,7-8,10-15,21,27,30H,4,6,9,16-18H2,1,3H3,(H,29,33)/t21-,27-/m0/s1. The molecular formula is C28H31N3O3. The van der Waals surface area contributed by atoms with Crippen LogP contribution in [0.4, 0.5) is 0 Å². The molecule has 4 rings (SSSR count). The van der Waals surface area contributed by atoms with E-state index in [1.807, 2.05) is 29.2 Å². The Balaban J connectivity index is 1.77. The number of terminal acetylenes is 1. The number of unbranched alkanes of at least 4 members (excludes halogenated alkanes) is 1. The zero-order chi connectivity index (χ0) is 24.1. The van der Waals surface area contributed by atoms with Gasteiger partial charge in [-0.05, 0) is 48.1 Å². The first-order valence-corrected chi connectivity index (χ1v) is 11.8. The van der Waals surface area contributed by atoms with Crippen LogP contribution in [0.15, 0.2) is 48.5 Å². The van der Waals surface area contributed by atoms with Crippen molar-refractivity contribution in [2.24, 2.45) is 0 Å². The minimum atomic E-state index is -0.341. The quantitative estimate of drug-likeness (QED) is 0.393. The highest BCUT2D eigenvalue weighted by atomic mass is 16.5. The van der Waals surface area contributed by atoms with Gasteiger partial charge in [-0.15, -0.1) is 6.42 Å². The molecule has 0 radical (unpaired) electrons. The lowest BCUT2D eigenvalue weighted by molar-refractivity contribution is -0.130. The van der Waals surface area contributed by atoms with Crippen LogP contribution in [0.2, 0.25) is 0 Å². The van der Waals surface area contributed by atoms with Gasteiger partial charge >= 0.3 is 0 Å². The molecule has 0 aliphatic carbocycles. The van der Waals surface area contributed by atoms with E-state index in [0.29, 0.717) is 18.7 Å². The average molecular weight is 458 g/mol. The number of nitrogens with zero attached hydrogens (tertiary/aromatic N) is 1. The summed E-state index contributed by atoms with van der Waals surface area (Å²) in [6, 6.07) is 15.4. The van der Waals surface area contributed by atoms with Crippen LogP contribution in [0.5, 0.6) is 0 Å². The topological polar surface area (TPSA) is 74.4 Å². The van der Waals surface area contributed by atoms with Crippen LogP contribution >= 0.6 is 0 Å². The largest absolute Gasteiger partial charge is 0.383 e. The SMILES string of the molecule is C#CC(=O)N1[C@@H](CCCC)Cc2c([nH]c3ccccc23)[C@@H]1c1ccc(C(=O)NCCOC)cc1. The van der Waals surface area contributed by atoms with Crippen LogP contribution < -0.4 is 5.32 Å². The molecule has 0 saturated carbocycles. The van der Waals surface area contributed by atoms with Crippen LogP contribution in [0.1, 0.15) is 59.4 Å². The Hall–Kier alpha value is -3.56. The van der Waals surface area contributed by atoms with Crippen LogP contribution in [0.25, 0.3) is 10.9 Å². The van der Waals surface area contributed by atoms with Gasteiger partial charge in [0.15, 0.2) is 0 Å². The molecular weight excluding hydrogens is 426 g/mol. The maximum absolute atomic E-state index is 13.1. The van der Waals surface area contributed by atoms with Crippen molar-refractivity contribution in [1.82, 2.24) is 15.2 Å². The number of para-hydroxylation sites is 1. The molecule has 176 valence electrons. The van der Waals surface area contributed by atoms with Crippen molar-refractivity contribution < 1.29 is 14.3 Å². The molecule has 2 heterocycles. The molecule has 2 amide bonds. The van der Waals surface area contributed by atoms with Crippen LogP contribution in [0, 0.1) is 12.3 Å². The second kappa shape index (κ2) is 10.6. The highest BCUT2D eigenvalue weighted by Crippen LogP contribution is 2.42. The van der Waals surface area contributed by atoms with Gasteiger partial charge in [-0.25, -0.2) is 0 Å². The number of ether oxygens (including phenoxy) is 1. The number of hydrogen-bond acceptors (Lipinski definition) is 3. The lowest BCUT2D eigenvalue weighted by Crippen LogP contribution is -2.47. The first kappa shape index (κ1) is 23.6. The van der Waals surface area contributed by atoms with Crippen molar-refractivity contribution in [3.8, 4) is 12.3 Å². The molecule has 3 aromatic rings. The summed E-state index contributed by atoms with van der Waals surface area (Å²) in [4.78, 5) is 30.9. The summed E-state index contributed by atoms with van der Waals surface area (Å²) in [5, 5.41) is 4.02. The van der Waals surface area contributed by atoms with E-state index in [1.54, 1.807) is 19.2 Å². The second-order valence-corrected chi connectivity index (χ2v) is 8.69. The summed E-state index contributed by atoms with van der Waals surface area (Å²) in [5.41, 5.74) is 4.77. The molecule has 2 atom stereocenters. The van der Waals surface area contributed by atoms with Crippen molar-refractivity contribution in [1.29, 1.82) is 0 Å². The highest BCUT2D eigenvalue weighted by molar-refractivity contribution is 5.95. The Labute approximate surface area is 200 Å². The smallest absolute Gasteiger partial charge is 0.299 e. The van der Waals surface area contributed by atoms with Gasteiger partial charge in [0.25, 0.3) is 11.8 Å². The van der Waals surface area contributed by atoms with E-state index in [-0.39, 0.29) is 23.9 Å². The summed E-state index contributed by atoms with van der Waals surface area (Å²) in [5.74, 6) is 1.90. The van der Waals surface area contributed by atoms with Crippen LogP contribution in [0.3, 0.4) is 0 Å². The average Bonchev–Trinajstić information content (AvgIpc) is 3.24. The number of fused-ring (bicyclic) bond motifs is 3. The third kappa shape index (κ3) is 4.57.